The number of aryl methyl sites for hydroxylation is 1. The molecule has 0 bridgehead atoms. The average Bonchev–Trinajstić information content (AvgIpc) is 3.35. The molecular formula is C24H21FN2O3S. The Morgan fingerprint density at radius 3 is 2.74 bits per heavy atom. The number of aromatic nitrogens is 1. The zero-order valence-electron chi connectivity index (χ0n) is 16.9. The molecule has 1 atom stereocenters. The van der Waals surface area contributed by atoms with Crippen molar-refractivity contribution in [1.29, 1.82) is 0 Å². The lowest BCUT2D eigenvalue weighted by Crippen LogP contribution is -2.41. The normalized spacial score (nSPS) is 13.4. The Hall–Kier alpha value is -3.32. The number of carboxylic acids is 1. The molecule has 3 aromatic rings. The van der Waals surface area contributed by atoms with Crippen molar-refractivity contribution >= 4 is 28.8 Å². The van der Waals surface area contributed by atoms with Gasteiger partial charge in [-0.2, -0.15) is 0 Å². The Bertz CT molecular complexity index is 1170. The van der Waals surface area contributed by atoms with Gasteiger partial charge in [0, 0.05) is 17.4 Å². The highest BCUT2D eigenvalue weighted by atomic mass is 32.1. The lowest BCUT2D eigenvalue weighted by molar-refractivity contribution is -0.141. The van der Waals surface area contributed by atoms with Crippen LogP contribution in [0.4, 0.5) is 4.39 Å². The number of nitrogens with one attached hydrogen (secondary N) is 1. The van der Waals surface area contributed by atoms with E-state index in [1.165, 1.54) is 23.5 Å². The van der Waals surface area contributed by atoms with Gasteiger partial charge in [-0.3, -0.25) is 4.79 Å². The van der Waals surface area contributed by atoms with Crippen molar-refractivity contribution in [3.8, 4) is 10.6 Å². The fraction of sp³-hybridized carbons (Fsp3) is 0.208. The zero-order chi connectivity index (χ0) is 22.0. The quantitative estimate of drug-likeness (QED) is 0.575. The number of carbonyl (C=O) groups is 2. The highest BCUT2D eigenvalue weighted by molar-refractivity contribution is 7.13. The Morgan fingerprint density at radius 2 is 2.00 bits per heavy atom. The highest BCUT2D eigenvalue weighted by Crippen LogP contribution is 2.31. The first-order valence-electron chi connectivity index (χ1n) is 9.90. The third-order valence-corrected chi connectivity index (χ3v) is 6.17. The number of benzene rings is 2. The predicted octanol–water partition coefficient (Wildman–Crippen LogP) is 4.40. The first-order chi connectivity index (χ1) is 14.9. The van der Waals surface area contributed by atoms with Crippen molar-refractivity contribution in [2.24, 2.45) is 0 Å². The second kappa shape index (κ2) is 8.81. The van der Waals surface area contributed by atoms with Gasteiger partial charge in [0.15, 0.2) is 0 Å². The van der Waals surface area contributed by atoms with Crippen LogP contribution in [0.3, 0.4) is 0 Å². The summed E-state index contributed by atoms with van der Waals surface area (Å²) in [6.45, 7) is 2.01. The van der Waals surface area contributed by atoms with Crippen molar-refractivity contribution in [3.63, 3.8) is 0 Å². The van der Waals surface area contributed by atoms with E-state index >= 15 is 0 Å². The fourth-order valence-corrected chi connectivity index (χ4v) is 4.45. The molecule has 158 valence electrons. The molecule has 5 nitrogen and oxygen atoms in total. The number of allylic oxidation sites excluding steroid dienone is 1. The maximum absolute atomic E-state index is 13.4. The third-order valence-electron chi connectivity index (χ3n) is 5.23. The van der Waals surface area contributed by atoms with E-state index in [1.807, 2.05) is 42.6 Å². The summed E-state index contributed by atoms with van der Waals surface area (Å²) in [5, 5.41) is 14.8. The van der Waals surface area contributed by atoms with Crippen molar-refractivity contribution < 1.29 is 19.1 Å². The number of nitrogens with zero attached hydrogens (tertiary/aromatic N) is 1. The summed E-state index contributed by atoms with van der Waals surface area (Å²) in [6, 6.07) is 11.4. The number of halogens is 1. The number of rotatable bonds is 7. The summed E-state index contributed by atoms with van der Waals surface area (Å²) in [5.41, 5.74) is 5.21. The van der Waals surface area contributed by atoms with E-state index in [9.17, 15) is 19.1 Å². The first-order valence-corrected chi connectivity index (χ1v) is 10.8. The number of aliphatic carboxylic acids is 1. The number of carboxylic acid groups (broad SMARTS) is 1. The van der Waals surface area contributed by atoms with E-state index in [4.69, 9.17) is 0 Å². The Kier molecular flexibility index (Phi) is 5.95. The number of amides is 1. The van der Waals surface area contributed by atoms with Crippen molar-refractivity contribution in [2.45, 2.75) is 32.2 Å². The summed E-state index contributed by atoms with van der Waals surface area (Å²) in [6.07, 6.45) is 2.60. The maximum atomic E-state index is 13.4. The molecule has 4 rings (SSSR count). The van der Waals surface area contributed by atoms with Gasteiger partial charge in [0.05, 0.1) is 12.1 Å². The Morgan fingerprint density at radius 1 is 1.23 bits per heavy atom. The number of hydrogen-bond acceptors (Lipinski definition) is 4. The van der Waals surface area contributed by atoms with Crippen LogP contribution in [0.2, 0.25) is 0 Å². The minimum absolute atomic E-state index is 0.00693. The molecule has 1 aliphatic carbocycles. The van der Waals surface area contributed by atoms with Crippen LogP contribution in [0.25, 0.3) is 16.1 Å². The number of fused-ring (bicyclic) bond motifs is 1. The molecule has 1 unspecified atom stereocenters. The van der Waals surface area contributed by atoms with Gasteiger partial charge in [-0.05, 0) is 42.2 Å². The molecule has 1 aliphatic rings. The summed E-state index contributed by atoms with van der Waals surface area (Å²) in [5.74, 6) is -1.82. The molecule has 31 heavy (non-hydrogen) atoms. The van der Waals surface area contributed by atoms with Gasteiger partial charge >= 0.3 is 5.97 Å². The van der Waals surface area contributed by atoms with Crippen LogP contribution >= 0.6 is 11.3 Å². The Labute approximate surface area is 183 Å². The minimum atomic E-state index is -1.11. The Balaban J connectivity index is 1.40. The van der Waals surface area contributed by atoms with Crippen LogP contribution in [-0.2, 0) is 22.4 Å². The van der Waals surface area contributed by atoms with Crippen molar-refractivity contribution in [3.05, 3.63) is 82.1 Å². The van der Waals surface area contributed by atoms with Crippen LogP contribution in [0, 0.1) is 12.7 Å². The monoisotopic (exact) mass is 436 g/mol. The van der Waals surface area contributed by atoms with E-state index in [2.05, 4.69) is 10.3 Å². The molecule has 2 N–H and O–H groups in total. The molecule has 1 amide bonds. The predicted molar refractivity (Wildman–Crippen MR) is 118 cm³/mol. The second-order valence-electron chi connectivity index (χ2n) is 7.58. The lowest BCUT2D eigenvalue weighted by atomic mass is 9.99. The SMILES string of the molecule is Cc1ccc(-c2nc(CC(=O)NC(CC3=CCc4cc(F)ccc43)C(=O)O)cs2)cc1. The van der Waals surface area contributed by atoms with E-state index < -0.39 is 17.9 Å². The van der Waals surface area contributed by atoms with E-state index in [-0.39, 0.29) is 18.7 Å². The summed E-state index contributed by atoms with van der Waals surface area (Å²) in [7, 11) is 0. The van der Waals surface area contributed by atoms with Gasteiger partial charge in [0.1, 0.15) is 16.9 Å². The summed E-state index contributed by atoms with van der Waals surface area (Å²) >= 11 is 1.45. The molecule has 0 saturated carbocycles. The molecule has 1 heterocycles. The van der Waals surface area contributed by atoms with Crippen molar-refractivity contribution in [1.82, 2.24) is 10.3 Å². The minimum Gasteiger partial charge on any atom is -0.480 e. The number of carbonyl (C=O) groups excluding carboxylic acids is 1. The maximum Gasteiger partial charge on any atom is 0.326 e. The number of thiazole rings is 1. The highest BCUT2D eigenvalue weighted by Gasteiger charge is 2.25. The third kappa shape index (κ3) is 4.88. The molecule has 0 radical (unpaired) electrons. The van der Waals surface area contributed by atoms with Gasteiger partial charge in [-0.25, -0.2) is 14.2 Å². The molecular weight excluding hydrogens is 415 g/mol. The molecule has 1 aromatic heterocycles. The summed E-state index contributed by atoms with van der Waals surface area (Å²) < 4.78 is 13.4. The van der Waals surface area contributed by atoms with Crippen LogP contribution in [0.15, 0.2) is 53.9 Å². The van der Waals surface area contributed by atoms with Crippen LogP contribution < -0.4 is 5.32 Å². The first kappa shape index (κ1) is 20.9. The zero-order valence-corrected chi connectivity index (χ0v) is 17.7. The van der Waals surface area contributed by atoms with E-state index in [0.29, 0.717) is 12.1 Å². The van der Waals surface area contributed by atoms with Gasteiger partial charge in [-0.1, -0.05) is 42.0 Å². The average molecular weight is 437 g/mol. The standard InChI is InChI=1S/C24H21FN2O3S/c1-14-2-4-15(5-3-14)23-26-19(13-31-23)12-22(28)27-21(24(29)30)11-17-7-6-16-10-18(25)8-9-20(16)17/h2-5,7-10,13,21H,6,11-12H2,1H3,(H,27,28)(H,29,30). The van der Waals surface area contributed by atoms with E-state index in [0.717, 1.165) is 32.8 Å². The molecule has 0 saturated heterocycles. The van der Waals surface area contributed by atoms with Gasteiger partial charge in [-0.15, -0.1) is 11.3 Å². The van der Waals surface area contributed by atoms with Gasteiger partial charge in [0.2, 0.25) is 5.91 Å². The molecule has 0 spiro atoms. The molecule has 2 aromatic carbocycles. The van der Waals surface area contributed by atoms with Crippen LogP contribution in [-0.4, -0.2) is 28.0 Å². The van der Waals surface area contributed by atoms with Crippen molar-refractivity contribution in [2.75, 3.05) is 0 Å². The topological polar surface area (TPSA) is 79.3 Å². The lowest BCUT2D eigenvalue weighted by Gasteiger charge is -2.16. The molecule has 7 heteroatoms. The molecule has 0 aliphatic heterocycles. The smallest absolute Gasteiger partial charge is 0.326 e. The number of hydrogen-bond donors (Lipinski definition) is 2. The second-order valence-corrected chi connectivity index (χ2v) is 8.44. The fourth-order valence-electron chi connectivity index (χ4n) is 3.63. The largest absolute Gasteiger partial charge is 0.480 e. The van der Waals surface area contributed by atoms with Crippen LogP contribution in [0.1, 0.15) is 28.8 Å². The van der Waals surface area contributed by atoms with Crippen LogP contribution in [0.5, 0.6) is 0 Å². The van der Waals surface area contributed by atoms with Gasteiger partial charge in [0.25, 0.3) is 0 Å². The van der Waals surface area contributed by atoms with E-state index in [1.54, 1.807) is 6.07 Å². The molecule has 0 fully saturated rings. The summed E-state index contributed by atoms with van der Waals surface area (Å²) in [4.78, 5) is 28.8. The van der Waals surface area contributed by atoms with Gasteiger partial charge < -0.3 is 10.4 Å².